The average Bonchev–Trinajstić information content (AvgIpc) is 3.47. The highest BCUT2D eigenvalue weighted by molar-refractivity contribution is 7.92. The predicted octanol–water partition coefficient (Wildman–Crippen LogP) is 3.80. The molecule has 7 nitrogen and oxygen atoms in total. The number of benzene rings is 2. The number of hydrogen-bond acceptors (Lipinski definition) is 6. The van der Waals surface area contributed by atoms with E-state index in [4.69, 9.17) is 0 Å². The van der Waals surface area contributed by atoms with Crippen LogP contribution >= 0.6 is 11.3 Å². The molecule has 1 saturated carbocycles. The molecule has 1 aliphatic carbocycles. The third-order valence-electron chi connectivity index (χ3n) is 4.76. The highest BCUT2D eigenvalue weighted by Crippen LogP contribution is 2.42. The molecule has 0 spiro atoms. The zero-order valence-corrected chi connectivity index (χ0v) is 17.6. The first-order valence-electron chi connectivity index (χ1n) is 9.15. The Morgan fingerprint density at radius 1 is 1.07 bits per heavy atom. The van der Waals surface area contributed by atoms with Gasteiger partial charge in [0.25, 0.3) is 15.9 Å². The van der Waals surface area contributed by atoms with Crippen LogP contribution in [0.2, 0.25) is 0 Å². The van der Waals surface area contributed by atoms with Crippen molar-refractivity contribution >= 4 is 38.1 Å². The standard InChI is InChI=1S/C20H20N4O3S2/c1-13-3-11-17(12-4-13)29(26,27)24(2)16-9-7-14(8-10-16)18(25)21-20-23-22-19(28-20)15-5-6-15/h3-4,7-12,15H,5-6H2,1-2H3,(H,21,23,25). The Labute approximate surface area is 173 Å². The predicted molar refractivity (Wildman–Crippen MR) is 113 cm³/mol. The van der Waals surface area contributed by atoms with E-state index in [-0.39, 0.29) is 10.8 Å². The molecule has 1 amide bonds. The van der Waals surface area contributed by atoms with Crippen LogP contribution in [0.4, 0.5) is 10.8 Å². The molecule has 0 saturated heterocycles. The molecule has 29 heavy (non-hydrogen) atoms. The lowest BCUT2D eigenvalue weighted by atomic mass is 10.2. The molecule has 1 N–H and O–H groups in total. The number of carbonyl (C=O) groups excluding carboxylic acids is 1. The van der Waals surface area contributed by atoms with Crippen LogP contribution in [0, 0.1) is 6.92 Å². The zero-order chi connectivity index (χ0) is 20.6. The van der Waals surface area contributed by atoms with E-state index in [1.54, 1.807) is 48.5 Å². The summed E-state index contributed by atoms with van der Waals surface area (Å²) in [5.41, 5.74) is 1.87. The van der Waals surface area contributed by atoms with Gasteiger partial charge in [-0.2, -0.15) is 0 Å². The van der Waals surface area contributed by atoms with Gasteiger partial charge in [-0.3, -0.25) is 14.4 Å². The van der Waals surface area contributed by atoms with E-state index in [1.807, 2.05) is 6.92 Å². The molecule has 0 bridgehead atoms. The molecule has 1 aliphatic rings. The van der Waals surface area contributed by atoms with Crippen molar-refractivity contribution < 1.29 is 13.2 Å². The van der Waals surface area contributed by atoms with Gasteiger partial charge in [0, 0.05) is 18.5 Å². The molecule has 1 aromatic heterocycles. The van der Waals surface area contributed by atoms with Crippen molar-refractivity contribution in [1.29, 1.82) is 0 Å². The Morgan fingerprint density at radius 3 is 2.34 bits per heavy atom. The summed E-state index contributed by atoms with van der Waals surface area (Å²) in [5.74, 6) is 0.183. The number of aromatic nitrogens is 2. The summed E-state index contributed by atoms with van der Waals surface area (Å²) in [4.78, 5) is 12.7. The van der Waals surface area contributed by atoms with Crippen molar-refractivity contribution in [3.63, 3.8) is 0 Å². The second-order valence-corrected chi connectivity index (χ2v) is 9.98. The highest BCUT2D eigenvalue weighted by atomic mass is 32.2. The third-order valence-corrected chi connectivity index (χ3v) is 7.56. The quantitative estimate of drug-likeness (QED) is 0.645. The number of carbonyl (C=O) groups is 1. The molecule has 4 rings (SSSR count). The second kappa shape index (κ2) is 7.57. The summed E-state index contributed by atoms with van der Waals surface area (Å²) in [5, 5.41) is 12.3. The first kappa shape index (κ1) is 19.5. The van der Waals surface area contributed by atoms with Gasteiger partial charge in [-0.15, -0.1) is 10.2 Å². The van der Waals surface area contributed by atoms with Crippen LogP contribution in [0.3, 0.4) is 0 Å². The largest absolute Gasteiger partial charge is 0.296 e. The third kappa shape index (κ3) is 4.15. The Kier molecular flexibility index (Phi) is 5.10. The molecule has 1 heterocycles. The lowest BCUT2D eigenvalue weighted by molar-refractivity contribution is 0.102. The van der Waals surface area contributed by atoms with Crippen LogP contribution < -0.4 is 9.62 Å². The molecule has 3 aromatic rings. The fourth-order valence-corrected chi connectivity index (χ4v) is 4.88. The van der Waals surface area contributed by atoms with Gasteiger partial charge in [0.05, 0.1) is 10.6 Å². The maximum Gasteiger partial charge on any atom is 0.264 e. The first-order chi connectivity index (χ1) is 13.8. The Hall–Kier alpha value is -2.78. The summed E-state index contributed by atoms with van der Waals surface area (Å²) in [6.07, 6.45) is 2.26. The van der Waals surface area contributed by atoms with Crippen molar-refractivity contribution in [2.75, 3.05) is 16.7 Å². The van der Waals surface area contributed by atoms with Crippen molar-refractivity contribution in [2.45, 2.75) is 30.6 Å². The second-order valence-electron chi connectivity index (χ2n) is 7.01. The van der Waals surface area contributed by atoms with Crippen molar-refractivity contribution in [3.8, 4) is 0 Å². The van der Waals surface area contributed by atoms with E-state index in [9.17, 15) is 13.2 Å². The minimum absolute atomic E-state index is 0.218. The highest BCUT2D eigenvalue weighted by Gasteiger charge is 2.28. The molecule has 0 aliphatic heterocycles. The summed E-state index contributed by atoms with van der Waals surface area (Å²) in [7, 11) is -2.18. The van der Waals surface area contributed by atoms with Crippen molar-refractivity contribution in [2.24, 2.45) is 0 Å². The molecule has 0 unspecified atom stereocenters. The van der Waals surface area contributed by atoms with Gasteiger partial charge in [0.1, 0.15) is 5.01 Å². The summed E-state index contributed by atoms with van der Waals surface area (Å²) >= 11 is 1.39. The van der Waals surface area contributed by atoms with E-state index in [1.165, 1.54) is 22.7 Å². The van der Waals surface area contributed by atoms with Gasteiger partial charge >= 0.3 is 0 Å². The molecule has 9 heteroatoms. The maximum atomic E-state index is 12.8. The SMILES string of the molecule is Cc1ccc(S(=O)(=O)N(C)c2ccc(C(=O)Nc3nnc(C4CC4)s3)cc2)cc1. The Balaban J connectivity index is 1.47. The summed E-state index contributed by atoms with van der Waals surface area (Å²) in [6, 6.07) is 13.1. The lowest BCUT2D eigenvalue weighted by Gasteiger charge is -2.19. The molecule has 0 atom stereocenters. The van der Waals surface area contributed by atoms with Gasteiger partial charge in [-0.25, -0.2) is 8.42 Å². The summed E-state index contributed by atoms with van der Waals surface area (Å²) in [6.45, 7) is 1.90. The Morgan fingerprint density at radius 2 is 1.72 bits per heavy atom. The monoisotopic (exact) mass is 428 g/mol. The number of rotatable bonds is 6. The average molecular weight is 429 g/mol. The van der Waals surface area contributed by atoms with Crippen LogP contribution in [0.25, 0.3) is 0 Å². The fourth-order valence-electron chi connectivity index (χ4n) is 2.78. The first-order valence-corrected chi connectivity index (χ1v) is 11.4. The van der Waals surface area contributed by atoms with Crippen molar-refractivity contribution in [3.05, 3.63) is 64.7 Å². The molecule has 2 aromatic carbocycles. The van der Waals surface area contributed by atoms with Crippen LogP contribution in [0.5, 0.6) is 0 Å². The number of amides is 1. The van der Waals surface area contributed by atoms with Crippen LogP contribution in [-0.4, -0.2) is 31.6 Å². The van der Waals surface area contributed by atoms with Gasteiger partial charge < -0.3 is 0 Å². The maximum absolute atomic E-state index is 12.8. The zero-order valence-electron chi connectivity index (χ0n) is 16.0. The minimum Gasteiger partial charge on any atom is -0.296 e. The van der Waals surface area contributed by atoms with E-state index in [2.05, 4.69) is 15.5 Å². The topological polar surface area (TPSA) is 92.3 Å². The van der Waals surface area contributed by atoms with Gasteiger partial charge in [0.15, 0.2) is 0 Å². The number of hydrogen-bond donors (Lipinski definition) is 1. The number of anilines is 2. The smallest absolute Gasteiger partial charge is 0.264 e. The number of nitrogens with zero attached hydrogens (tertiary/aromatic N) is 3. The number of nitrogens with one attached hydrogen (secondary N) is 1. The van der Waals surface area contributed by atoms with Crippen LogP contribution in [0.15, 0.2) is 53.4 Å². The lowest BCUT2D eigenvalue weighted by Crippen LogP contribution is -2.26. The van der Waals surface area contributed by atoms with Crippen LogP contribution in [-0.2, 0) is 10.0 Å². The molecule has 0 radical (unpaired) electrons. The molecule has 150 valence electrons. The van der Waals surface area contributed by atoms with E-state index >= 15 is 0 Å². The number of aryl methyl sites for hydroxylation is 1. The number of sulfonamides is 1. The fraction of sp³-hybridized carbons (Fsp3) is 0.250. The van der Waals surface area contributed by atoms with E-state index < -0.39 is 10.0 Å². The summed E-state index contributed by atoms with van der Waals surface area (Å²) < 4.78 is 26.8. The van der Waals surface area contributed by atoms with Gasteiger partial charge in [-0.1, -0.05) is 29.0 Å². The van der Waals surface area contributed by atoms with Crippen LogP contribution in [0.1, 0.15) is 39.7 Å². The van der Waals surface area contributed by atoms with Crippen molar-refractivity contribution in [1.82, 2.24) is 10.2 Å². The van der Waals surface area contributed by atoms with E-state index in [0.717, 1.165) is 23.4 Å². The van der Waals surface area contributed by atoms with E-state index in [0.29, 0.717) is 22.3 Å². The Bertz CT molecular complexity index is 1140. The molecular weight excluding hydrogens is 408 g/mol. The van der Waals surface area contributed by atoms with Gasteiger partial charge in [0.2, 0.25) is 5.13 Å². The minimum atomic E-state index is -3.67. The normalized spacial score (nSPS) is 13.9. The molecule has 1 fully saturated rings. The molecular formula is C20H20N4O3S2. The van der Waals surface area contributed by atoms with Gasteiger partial charge in [-0.05, 0) is 56.2 Å².